The number of anilines is 1. The molecule has 1 heterocycles. The molecule has 1 aromatic rings. The summed E-state index contributed by atoms with van der Waals surface area (Å²) >= 11 is 0. The molecule has 3 heteroatoms. The number of rotatable bonds is 3. The largest absolute Gasteiger partial charge is 0.508 e. The maximum absolute atomic E-state index is 9.86. The highest BCUT2D eigenvalue weighted by Gasteiger charge is 2.28. The summed E-state index contributed by atoms with van der Waals surface area (Å²) in [6, 6.07) is 5.74. The van der Waals surface area contributed by atoms with Crippen LogP contribution in [0.25, 0.3) is 0 Å². The molecular weight excluding hydrogens is 188 g/mol. The fourth-order valence-electron chi connectivity index (χ4n) is 2.41. The Balaban J connectivity index is 2.27. The molecule has 0 radical (unpaired) electrons. The van der Waals surface area contributed by atoms with Crippen molar-refractivity contribution in [1.82, 2.24) is 0 Å². The van der Waals surface area contributed by atoms with E-state index in [4.69, 9.17) is 5.73 Å². The molecule has 1 aliphatic heterocycles. The van der Waals surface area contributed by atoms with Crippen LogP contribution in [0.3, 0.4) is 0 Å². The highest BCUT2D eigenvalue weighted by Crippen LogP contribution is 2.42. The van der Waals surface area contributed by atoms with Crippen LogP contribution < -0.4 is 10.6 Å². The van der Waals surface area contributed by atoms with Crippen molar-refractivity contribution in [2.75, 3.05) is 25.0 Å². The van der Waals surface area contributed by atoms with Gasteiger partial charge in [-0.2, -0.15) is 0 Å². The fraction of sp³-hybridized carbons (Fsp3) is 0.500. The second-order valence-corrected chi connectivity index (χ2v) is 4.22. The lowest BCUT2D eigenvalue weighted by Crippen LogP contribution is -2.15. The van der Waals surface area contributed by atoms with E-state index >= 15 is 0 Å². The number of benzene rings is 1. The molecule has 15 heavy (non-hydrogen) atoms. The molecule has 0 aliphatic carbocycles. The molecule has 0 amide bonds. The van der Waals surface area contributed by atoms with E-state index in [1.54, 1.807) is 6.07 Å². The van der Waals surface area contributed by atoms with Gasteiger partial charge >= 0.3 is 0 Å². The number of hydrogen-bond donors (Lipinski definition) is 2. The van der Waals surface area contributed by atoms with Gasteiger partial charge in [-0.05, 0) is 31.5 Å². The molecule has 2 rings (SSSR count). The summed E-state index contributed by atoms with van der Waals surface area (Å²) in [5.41, 5.74) is 7.79. The van der Waals surface area contributed by atoms with Crippen molar-refractivity contribution in [3.05, 3.63) is 23.8 Å². The third-order valence-corrected chi connectivity index (χ3v) is 3.13. The monoisotopic (exact) mass is 206 g/mol. The number of aromatic hydroxyl groups is 1. The molecule has 82 valence electrons. The van der Waals surface area contributed by atoms with E-state index in [0.717, 1.165) is 37.2 Å². The Morgan fingerprint density at radius 3 is 3.07 bits per heavy atom. The SMILES string of the molecule is CN1CC(CCCN)c2c(O)cccc21. The molecule has 1 atom stereocenters. The predicted molar refractivity (Wildman–Crippen MR) is 62.4 cm³/mol. The number of fused-ring (bicyclic) bond motifs is 1. The van der Waals surface area contributed by atoms with Crippen molar-refractivity contribution in [1.29, 1.82) is 0 Å². The molecule has 0 spiro atoms. The van der Waals surface area contributed by atoms with Gasteiger partial charge in [-0.15, -0.1) is 0 Å². The van der Waals surface area contributed by atoms with Gasteiger partial charge in [-0.3, -0.25) is 0 Å². The number of phenolic OH excluding ortho intramolecular Hbond substituents is 1. The van der Waals surface area contributed by atoms with Crippen molar-refractivity contribution >= 4 is 5.69 Å². The molecule has 1 aliphatic rings. The summed E-state index contributed by atoms with van der Waals surface area (Å²) in [5.74, 6) is 0.869. The minimum atomic E-state index is 0.430. The second-order valence-electron chi connectivity index (χ2n) is 4.22. The molecule has 0 saturated carbocycles. The lowest BCUT2D eigenvalue weighted by molar-refractivity contribution is 0.461. The van der Waals surface area contributed by atoms with Crippen LogP contribution in [0.15, 0.2) is 18.2 Å². The third kappa shape index (κ3) is 1.79. The van der Waals surface area contributed by atoms with Gasteiger partial charge in [0.1, 0.15) is 5.75 Å². The predicted octanol–water partition coefficient (Wildman–Crippen LogP) is 1.66. The zero-order valence-corrected chi connectivity index (χ0v) is 9.11. The Bertz CT molecular complexity index is 351. The molecule has 3 N–H and O–H groups in total. The Morgan fingerprint density at radius 1 is 1.53 bits per heavy atom. The normalized spacial score (nSPS) is 19.3. The van der Waals surface area contributed by atoms with Crippen LogP contribution in [-0.4, -0.2) is 25.2 Å². The summed E-state index contributed by atoms with van der Waals surface area (Å²) in [6.45, 7) is 1.72. The Hall–Kier alpha value is -1.22. The van der Waals surface area contributed by atoms with Gasteiger partial charge in [0.2, 0.25) is 0 Å². The van der Waals surface area contributed by atoms with E-state index < -0.39 is 0 Å². The zero-order valence-electron chi connectivity index (χ0n) is 9.11. The smallest absolute Gasteiger partial charge is 0.121 e. The first-order valence-corrected chi connectivity index (χ1v) is 5.47. The molecule has 3 nitrogen and oxygen atoms in total. The summed E-state index contributed by atoms with van der Waals surface area (Å²) in [5, 5.41) is 9.86. The van der Waals surface area contributed by atoms with Gasteiger partial charge in [0, 0.05) is 30.8 Å². The van der Waals surface area contributed by atoms with E-state index in [-0.39, 0.29) is 0 Å². The highest BCUT2D eigenvalue weighted by atomic mass is 16.3. The van der Waals surface area contributed by atoms with Crippen molar-refractivity contribution in [3.8, 4) is 5.75 Å². The van der Waals surface area contributed by atoms with Crippen molar-refractivity contribution in [2.24, 2.45) is 5.73 Å². The maximum atomic E-state index is 9.86. The summed E-state index contributed by atoms with van der Waals surface area (Å²) < 4.78 is 0. The zero-order chi connectivity index (χ0) is 10.8. The van der Waals surface area contributed by atoms with Crippen LogP contribution in [0.2, 0.25) is 0 Å². The van der Waals surface area contributed by atoms with E-state index in [0.29, 0.717) is 11.7 Å². The van der Waals surface area contributed by atoms with Crippen molar-refractivity contribution in [2.45, 2.75) is 18.8 Å². The lowest BCUT2D eigenvalue weighted by Gasteiger charge is -2.12. The highest BCUT2D eigenvalue weighted by molar-refractivity contribution is 5.64. The molecule has 0 saturated heterocycles. The number of likely N-dealkylation sites (N-methyl/N-ethyl adjacent to an activating group) is 1. The van der Waals surface area contributed by atoms with Crippen molar-refractivity contribution in [3.63, 3.8) is 0 Å². The van der Waals surface area contributed by atoms with Crippen molar-refractivity contribution < 1.29 is 5.11 Å². The number of hydrogen-bond acceptors (Lipinski definition) is 3. The van der Waals surface area contributed by atoms with E-state index in [1.807, 2.05) is 6.07 Å². The molecule has 1 unspecified atom stereocenters. The van der Waals surface area contributed by atoms with Crippen LogP contribution in [0, 0.1) is 0 Å². The average molecular weight is 206 g/mol. The minimum absolute atomic E-state index is 0.430. The number of nitrogens with two attached hydrogens (primary N) is 1. The minimum Gasteiger partial charge on any atom is -0.508 e. The van der Waals surface area contributed by atoms with Gasteiger partial charge in [-0.1, -0.05) is 6.07 Å². The third-order valence-electron chi connectivity index (χ3n) is 3.13. The first-order chi connectivity index (χ1) is 7.24. The van der Waals surface area contributed by atoms with Gasteiger partial charge in [-0.25, -0.2) is 0 Å². The second kappa shape index (κ2) is 4.11. The lowest BCUT2D eigenvalue weighted by atomic mass is 9.95. The molecular formula is C12H18N2O. The Morgan fingerprint density at radius 2 is 2.33 bits per heavy atom. The topological polar surface area (TPSA) is 49.5 Å². The molecule has 0 bridgehead atoms. The van der Waals surface area contributed by atoms with Gasteiger partial charge in [0.15, 0.2) is 0 Å². The van der Waals surface area contributed by atoms with Crippen LogP contribution in [-0.2, 0) is 0 Å². The average Bonchev–Trinajstić information content (AvgIpc) is 2.55. The first-order valence-electron chi connectivity index (χ1n) is 5.47. The molecule has 1 aromatic carbocycles. The first kappa shape index (κ1) is 10.3. The number of nitrogens with zero attached hydrogens (tertiary/aromatic N) is 1. The van der Waals surface area contributed by atoms with Crippen LogP contribution in [0.5, 0.6) is 5.75 Å². The van der Waals surface area contributed by atoms with Crippen LogP contribution >= 0.6 is 0 Å². The standard InChI is InChI=1S/C12H18N2O/c1-14-8-9(4-3-7-13)12-10(14)5-2-6-11(12)15/h2,5-6,9,15H,3-4,7-8,13H2,1H3. The van der Waals surface area contributed by atoms with E-state index in [2.05, 4.69) is 18.0 Å². The Labute approximate surface area is 90.5 Å². The quantitative estimate of drug-likeness (QED) is 0.791. The van der Waals surface area contributed by atoms with E-state index in [1.165, 1.54) is 0 Å². The molecule has 0 fully saturated rings. The summed E-state index contributed by atoms with van der Waals surface area (Å²) in [6.07, 6.45) is 2.08. The summed E-state index contributed by atoms with van der Waals surface area (Å²) in [7, 11) is 2.07. The Kier molecular flexibility index (Phi) is 2.82. The van der Waals surface area contributed by atoms with E-state index in [9.17, 15) is 5.11 Å². The van der Waals surface area contributed by atoms with Gasteiger partial charge < -0.3 is 15.7 Å². The molecule has 0 aromatic heterocycles. The fourth-order valence-corrected chi connectivity index (χ4v) is 2.41. The summed E-state index contributed by atoms with van der Waals surface area (Å²) in [4.78, 5) is 2.20. The van der Waals surface area contributed by atoms with Crippen LogP contribution in [0.4, 0.5) is 5.69 Å². The van der Waals surface area contributed by atoms with Gasteiger partial charge in [0.25, 0.3) is 0 Å². The number of phenols is 1. The maximum Gasteiger partial charge on any atom is 0.121 e. The van der Waals surface area contributed by atoms with Gasteiger partial charge in [0.05, 0.1) is 0 Å². The van der Waals surface area contributed by atoms with Crippen LogP contribution in [0.1, 0.15) is 24.3 Å².